The van der Waals surface area contributed by atoms with Gasteiger partial charge in [0, 0.05) is 13.1 Å². The largest absolute Gasteiger partial charge is 0.259 e. The molecule has 0 saturated carbocycles. The highest BCUT2D eigenvalue weighted by molar-refractivity contribution is 5.40. The Kier molecular flexibility index (Phi) is 1.95. The van der Waals surface area contributed by atoms with Gasteiger partial charge in [0.05, 0.1) is 11.1 Å². The molecule has 6 nitrogen and oxygen atoms in total. The van der Waals surface area contributed by atoms with E-state index < -0.39 is 4.92 Å². The summed E-state index contributed by atoms with van der Waals surface area (Å²) >= 11 is 0. The summed E-state index contributed by atoms with van der Waals surface area (Å²) in [6.45, 7) is 0. The van der Waals surface area contributed by atoms with Gasteiger partial charge in [0.2, 0.25) is 6.20 Å². The third-order valence-electron chi connectivity index (χ3n) is 0.987. The van der Waals surface area contributed by atoms with Gasteiger partial charge in [-0.1, -0.05) is 5.21 Å². The van der Waals surface area contributed by atoms with Crippen LogP contribution in [0.5, 0.6) is 0 Å². The molecule has 0 aliphatic heterocycles. The summed E-state index contributed by atoms with van der Waals surface area (Å²) in [5.41, 5.74) is 0.476. The first-order valence-corrected chi connectivity index (χ1v) is 2.86. The maximum atomic E-state index is 9.84. The molecule has 0 spiro atoms. The number of aromatic nitrogens is 3. The zero-order valence-electron chi connectivity index (χ0n) is 5.84. The van der Waals surface area contributed by atoms with Crippen LogP contribution in [0, 0.1) is 10.1 Å². The number of rotatable bonds is 2. The molecule has 1 rings (SSSR count). The van der Waals surface area contributed by atoms with Crippen molar-refractivity contribution in [1.29, 1.82) is 0 Å². The fourth-order valence-electron chi connectivity index (χ4n) is 0.579. The van der Waals surface area contributed by atoms with E-state index in [1.807, 2.05) is 0 Å². The molecule has 1 aromatic heterocycles. The molecule has 6 heteroatoms. The topological polar surface area (TPSA) is 73.8 Å². The standard InChI is InChI=1S/C5H6N4O2/c1-8-4-5(6-7-8)2-3-9(10)11/h2-4H,1H3/b3-2+. The van der Waals surface area contributed by atoms with Gasteiger partial charge >= 0.3 is 0 Å². The minimum atomic E-state index is -0.547. The maximum Gasteiger partial charge on any atom is 0.236 e. The van der Waals surface area contributed by atoms with Crippen LogP contribution in [0.15, 0.2) is 12.4 Å². The molecule has 0 N–H and O–H groups in total. The molecule has 0 aliphatic rings. The molecule has 1 heterocycles. The second-order valence-electron chi connectivity index (χ2n) is 1.92. The molecule has 0 aromatic carbocycles. The second-order valence-corrected chi connectivity index (χ2v) is 1.92. The van der Waals surface area contributed by atoms with E-state index in [9.17, 15) is 10.1 Å². The summed E-state index contributed by atoms with van der Waals surface area (Å²) in [6, 6.07) is 0. The maximum absolute atomic E-state index is 9.84. The Labute approximate surface area is 62.3 Å². The fraction of sp³-hybridized carbons (Fsp3) is 0.200. The van der Waals surface area contributed by atoms with Gasteiger partial charge in [-0.25, -0.2) is 0 Å². The third kappa shape index (κ3) is 2.17. The van der Waals surface area contributed by atoms with Gasteiger partial charge in [-0.05, 0) is 0 Å². The molecular weight excluding hydrogens is 148 g/mol. The van der Waals surface area contributed by atoms with E-state index in [4.69, 9.17) is 0 Å². The van der Waals surface area contributed by atoms with Crippen molar-refractivity contribution in [3.8, 4) is 0 Å². The van der Waals surface area contributed by atoms with Crippen LogP contribution in [0.2, 0.25) is 0 Å². The molecule has 0 radical (unpaired) electrons. The van der Waals surface area contributed by atoms with Crippen molar-refractivity contribution in [2.45, 2.75) is 0 Å². The van der Waals surface area contributed by atoms with E-state index >= 15 is 0 Å². The van der Waals surface area contributed by atoms with E-state index in [-0.39, 0.29) is 0 Å². The summed E-state index contributed by atoms with van der Waals surface area (Å²) in [5, 5.41) is 17.0. The van der Waals surface area contributed by atoms with E-state index in [0.717, 1.165) is 6.20 Å². The fourth-order valence-corrected chi connectivity index (χ4v) is 0.579. The summed E-state index contributed by atoms with van der Waals surface area (Å²) in [5.74, 6) is 0. The van der Waals surface area contributed by atoms with E-state index in [1.165, 1.54) is 10.8 Å². The lowest BCUT2D eigenvalue weighted by Gasteiger charge is -1.77. The van der Waals surface area contributed by atoms with Crippen LogP contribution in [0.3, 0.4) is 0 Å². The number of nitrogens with zero attached hydrogens (tertiary/aromatic N) is 4. The highest BCUT2D eigenvalue weighted by Gasteiger charge is 1.93. The highest BCUT2D eigenvalue weighted by atomic mass is 16.6. The van der Waals surface area contributed by atoms with E-state index in [0.29, 0.717) is 5.69 Å². The monoisotopic (exact) mass is 154 g/mol. The first kappa shape index (κ1) is 7.39. The molecule has 0 fully saturated rings. The Morgan fingerprint density at radius 3 is 3.00 bits per heavy atom. The number of hydrogen-bond donors (Lipinski definition) is 0. The van der Waals surface area contributed by atoms with Gasteiger partial charge in [0.25, 0.3) is 0 Å². The first-order chi connectivity index (χ1) is 5.18. The molecule has 11 heavy (non-hydrogen) atoms. The van der Waals surface area contributed by atoms with Gasteiger partial charge in [0.1, 0.15) is 5.69 Å². The van der Waals surface area contributed by atoms with Crippen LogP contribution in [0.1, 0.15) is 5.69 Å². The molecule has 0 amide bonds. The minimum Gasteiger partial charge on any atom is -0.259 e. The molecule has 0 bridgehead atoms. The molecule has 1 aromatic rings. The minimum absolute atomic E-state index is 0.476. The SMILES string of the molecule is Cn1cc(/C=C/[N+](=O)[O-])nn1. The van der Waals surface area contributed by atoms with Crippen molar-refractivity contribution in [2.24, 2.45) is 7.05 Å². The first-order valence-electron chi connectivity index (χ1n) is 2.86. The normalized spacial score (nSPS) is 10.6. The Morgan fingerprint density at radius 2 is 2.55 bits per heavy atom. The van der Waals surface area contributed by atoms with Crippen molar-refractivity contribution in [3.63, 3.8) is 0 Å². The third-order valence-corrected chi connectivity index (χ3v) is 0.987. The number of hydrogen-bond acceptors (Lipinski definition) is 4. The average molecular weight is 154 g/mol. The highest BCUT2D eigenvalue weighted by Crippen LogP contribution is 1.93. The summed E-state index contributed by atoms with van der Waals surface area (Å²) < 4.78 is 1.47. The average Bonchev–Trinajstić information content (AvgIpc) is 2.31. The summed E-state index contributed by atoms with van der Waals surface area (Å²) in [4.78, 5) is 9.30. The van der Waals surface area contributed by atoms with Gasteiger partial charge < -0.3 is 0 Å². The molecule has 0 atom stereocenters. The van der Waals surface area contributed by atoms with Crippen molar-refractivity contribution in [2.75, 3.05) is 0 Å². The van der Waals surface area contributed by atoms with E-state index in [1.54, 1.807) is 13.2 Å². The Bertz CT molecular complexity index is 290. The lowest BCUT2D eigenvalue weighted by Crippen LogP contribution is -1.85. The summed E-state index contributed by atoms with van der Waals surface area (Å²) in [7, 11) is 1.69. The van der Waals surface area contributed by atoms with Crippen molar-refractivity contribution >= 4 is 6.08 Å². The quantitative estimate of drug-likeness (QED) is 0.446. The predicted octanol–water partition coefficient (Wildman–Crippen LogP) is 0.0625. The Morgan fingerprint density at radius 1 is 1.82 bits per heavy atom. The number of aryl methyl sites for hydroxylation is 1. The zero-order valence-corrected chi connectivity index (χ0v) is 5.84. The molecular formula is C5H6N4O2. The van der Waals surface area contributed by atoms with Gasteiger partial charge in [-0.3, -0.25) is 14.8 Å². The van der Waals surface area contributed by atoms with E-state index in [2.05, 4.69) is 10.3 Å². The zero-order chi connectivity index (χ0) is 8.27. The van der Waals surface area contributed by atoms with Crippen LogP contribution in [0.4, 0.5) is 0 Å². The lowest BCUT2D eigenvalue weighted by molar-refractivity contribution is -0.401. The van der Waals surface area contributed by atoms with Gasteiger partial charge in [-0.2, -0.15) is 0 Å². The molecule has 0 saturated heterocycles. The van der Waals surface area contributed by atoms with Crippen molar-refractivity contribution in [1.82, 2.24) is 15.0 Å². The molecule has 0 unspecified atom stereocenters. The van der Waals surface area contributed by atoms with Crippen LogP contribution in [-0.4, -0.2) is 19.9 Å². The van der Waals surface area contributed by atoms with Crippen LogP contribution in [0.25, 0.3) is 6.08 Å². The van der Waals surface area contributed by atoms with Crippen molar-refractivity contribution < 1.29 is 4.92 Å². The van der Waals surface area contributed by atoms with Crippen LogP contribution >= 0.6 is 0 Å². The lowest BCUT2D eigenvalue weighted by atomic mass is 10.5. The smallest absolute Gasteiger partial charge is 0.236 e. The van der Waals surface area contributed by atoms with Crippen molar-refractivity contribution in [3.05, 3.63) is 28.2 Å². The van der Waals surface area contributed by atoms with Crippen LogP contribution < -0.4 is 0 Å². The molecule has 0 aliphatic carbocycles. The van der Waals surface area contributed by atoms with Crippen LogP contribution in [-0.2, 0) is 7.05 Å². The predicted molar refractivity (Wildman–Crippen MR) is 37.0 cm³/mol. The number of nitro groups is 1. The molecule has 58 valence electrons. The van der Waals surface area contributed by atoms with Gasteiger partial charge in [-0.15, -0.1) is 5.10 Å². The summed E-state index contributed by atoms with van der Waals surface area (Å²) in [6.07, 6.45) is 3.69. The Hall–Kier alpha value is -1.72. The van der Waals surface area contributed by atoms with Gasteiger partial charge in [0.15, 0.2) is 0 Å². The Balaban J connectivity index is 2.71. The second kappa shape index (κ2) is 2.91.